The minimum atomic E-state index is -5.02. The first-order valence-electron chi connectivity index (χ1n) is 36.4. The zero-order valence-corrected chi connectivity index (χ0v) is 74.7. The number of nitrogens with zero attached hydrogens (tertiary/aromatic N) is 10. The number of nitrogens with one attached hydrogen (secondary N) is 4. The van der Waals surface area contributed by atoms with Gasteiger partial charge in [0.05, 0.1) is 82.1 Å². The zero-order chi connectivity index (χ0) is 88.4. The van der Waals surface area contributed by atoms with Crippen molar-refractivity contribution in [2.75, 3.05) is 51.6 Å². The fourth-order valence-corrected chi connectivity index (χ4v) is 22.1. The lowest BCUT2D eigenvalue weighted by atomic mass is 10.2. The summed E-state index contributed by atoms with van der Waals surface area (Å²) in [5.74, 6) is -0.0171. The Labute approximate surface area is 716 Å². The number of anilines is 2. The largest absolute Gasteiger partial charge is 0.780 e. The Balaban J connectivity index is 0.699. The number of aromatic amines is 4. The van der Waals surface area contributed by atoms with Crippen molar-refractivity contribution in [1.82, 2.24) is 67.3 Å². The fraction of sp³-hybridized carbons (Fsp3) is 0.590. The van der Waals surface area contributed by atoms with Gasteiger partial charge in [0.15, 0.2) is 18.3 Å². The van der Waals surface area contributed by atoms with Crippen molar-refractivity contribution in [2.45, 2.75) is 191 Å². The average molecular weight is 1940 g/mol. The van der Waals surface area contributed by atoms with Gasteiger partial charge in [-0.1, -0.05) is 59.0 Å². The lowest BCUT2D eigenvalue weighted by molar-refractivity contribution is -0.221. The Bertz CT molecular complexity index is 6040. The molecule has 0 saturated carbocycles. The predicted molar refractivity (Wildman–Crippen MR) is 431 cm³/mol. The van der Waals surface area contributed by atoms with Crippen LogP contribution in [0.2, 0.25) is 0 Å². The van der Waals surface area contributed by atoms with Crippen molar-refractivity contribution in [1.29, 1.82) is 0 Å². The first kappa shape index (κ1) is 94.3. The molecule has 0 aromatic carbocycles. The van der Waals surface area contributed by atoms with Gasteiger partial charge < -0.3 is 131 Å². The second-order valence-corrected chi connectivity index (χ2v) is 44.9. The van der Waals surface area contributed by atoms with Crippen LogP contribution in [0.5, 0.6) is 0 Å². The second kappa shape index (κ2) is 37.8. The second-order valence-electron chi connectivity index (χ2n) is 28.6. The minimum absolute atomic E-state index is 0.0109. The molecule has 13 heterocycles. The summed E-state index contributed by atoms with van der Waals surface area (Å²) >= 11 is 32.0. The highest BCUT2D eigenvalue weighted by Gasteiger charge is 2.48. The Hall–Kier alpha value is -5.34. The zero-order valence-electron chi connectivity index (χ0n) is 64.4. The molecule has 8 N–H and O–H groups in total. The van der Waals surface area contributed by atoms with Crippen LogP contribution in [0.15, 0.2) is 86.8 Å². The van der Waals surface area contributed by atoms with E-state index in [4.69, 9.17) is 165 Å². The van der Waals surface area contributed by atoms with Gasteiger partial charge in [-0.05, 0) is 41.5 Å². The number of aryl methyl sites for hydroxylation is 5. The van der Waals surface area contributed by atoms with Gasteiger partial charge in [0.2, 0.25) is 0 Å². The number of H-pyrrole nitrogens is 4. The number of imidazole rings is 1. The molecule has 0 radical (unpaired) electrons. The molecule has 6 saturated heterocycles. The molecule has 0 bridgehead atoms. The molecule has 12 unspecified atom stereocenters. The summed E-state index contributed by atoms with van der Waals surface area (Å²) < 4.78 is 127. The molecule has 0 amide bonds. The van der Waals surface area contributed by atoms with Crippen LogP contribution in [0.25, 0.3) is 11.2 Å². The molecule has 0 aliphatic carbocycles. The first-order valence-corrected chi connectivity index (χ1v) is 51.8. The maximum Gasteiger partial charge on any atom is 0.351 e. The summed E-state index contributed by atoms with van der Waals surface area (Å²) in [6, 6.07) is 0. The molecule has 6 aliphatic heterocycles. The predicted octanol–water partition coefficient (Wildman–Crippen LogP) is -2.65. The quantitative estimate of drug-likeness (QED) is 0.0177. The molecule has 122 heavy (non-hydrogen) atoms. The van der Waals surface area contributed by atoms with E-state index < -0.39 is 254 Å². The van der Waals surface area contributed by atoms with Gasteiger partial charge in [-0.2, -0.15) is 4.98 Å². The van der Waals surface area contributed by atoms with E-state index in [9.17, 15) is 72.2 Å². The van der Waals surface area contributed by atoms with E-state index in [2.05, 4.69) is 39.9 Å². The third kappa shape index (κ3) is 22.5. The van der Waals surface area contributed by atoms with Crippen LogP contribution in [0.3, 0.4) is 0 Å². The number of hydrogen-bond acceptors (Lipinski definition) is 45. The lowest BCUT2D eigenvalue weighted by Gasteiger charge is -2.36. The van der Waals surface area contributed by atoms with Crippen LogP contribution in [0.1, 0.15) is 111 Å². The van der Waals surface area contributed by atoms with Crippen LogP contribution in [-0.2, 0) is 159 Å². The fourth-order valence-electron chi connectivity index (χ4n) is 13.8. The molecule has 49 nitrogen and oxygen atoms in total. The van der Waals surface area contributed by atoms with Crippen molar-refractivity contribution in [3.8, 4) is 0 Å². The summed E-state index contributed by atoms with van der Waals surface area (Å²) in [7, 11) is 1.02. The van der Waals surface area contributed by atoms with Gasteiger partial charge in [0, 0.05) is 104 Å². The Morgan fingerprint density at radius 1 is 0.426 bits per heavy atom. The summed E-state index contributed by atoms with van der Waals surface area (Å²) in [5.41, 5.74) is 5.35. The number of ether oxygens (including phenoxy) is 6. The van der Waals surface area contributed by atoms with E-state index in [1.807, 2.05) is 0 Å². The van der Waals surface area contributed by atoms with Crippen LogP contribution in [-0.4, -0.2) is 181 Å². The number of hydrogen-bond donors (Lipinski definition) is 6. The standard InChI is InChI=1S/C61H82N16O33P6S6/c1-26-14-72(57(82)67-50(26)62)43-10-34(107-113(89,119)95-19-38-33(106-111(87,117)93-7)9-44(100-38)73-15-27(2)53(78)68-58(73)83)40(101-43)21-96-114(90,120)109-36-12-46(75-17-29(4)55(80)70-60(75)85)104-42(36)23-98-116(92,122)110-37-13-47(76-18-30(5)56(81)71-61(76)86)103-41(37)22-97-115(91,121)108-35-11-45(74-16-28(3)54(79)69-59(74)84)102-39(35)20-94-112(88,118)105-32-8-48(99-31(32)6)77-25-66-49-51(63)64-24-65-52(49)77/h14-18,24-25,31-48H,8-13,19-23H2,1-7H3,(H,87,117)(H,88,118)(H,89,119)(H,90,120)(H,91,121)(H,92,122)(H2,62,67,82)(H2,63,64,65)(H,68,78,83)(H,69,79,84)(H,70,80,85)(H,71,81,86)/p-6/t31-,32?,33?,34?,35?,36?,37?,38-,39-,40-,41-,42-,43-,44-,45-,46-,47-,48-,111?,112?,113?,114?,115?,116?/m1/s1. The SMILES string of the molecule is COP([O-])(=S)OC1C[C@H](n2cc(C)c(=O)[nH]c2=O)O[C@@H]1COP([O-])(=S)OC1C[C@H](n2cc(C)c(N)nc2=O)O[C@@H]1COP([O-])(=S)OC1C[C@H](n2cc(C)c(=O)[nH]c2=O)O[C@@H]1COP(=O)([S-])OC1C[C@H](n2cc(C)c(=O)[nH]c2=O)O[C@@H]1COP([O-])(=S)OC1C[C@H](n2cc(C)c(=O)[nH]c2=O)O[C@@H]1COP([O-])(=S)OC1C[C@H](n2cnc3c(N)ncnc32)O[C@@H]1C. The van der Waals surface area contributed by atoms with Crippen molar-refractivity contribution in [2.24, 2.45) is 0 Å². The van der Waals surface area contributed by atoms with E-state index in [0.29, 0.717) is 16.7 Å². The summed E-state index contributed by atoms with van der Waals surface area (Å²) in [5, 5.41) is 0. The molecular weight excluding hydrogens is 1860 g/mol. The van der Waals surface area contributed by atoms with Crippen LogP contribution < -0.4 is 86.6 Å². The normalized spacial score (nSPS) is 29.8. The van der Waals surface area contributed by atoms with Crippen LogP contribution in [0.4, 0.5) is 11.6 Å². The minimum Gasteiger partial charge on any atom is -0.780 e. The van der Waals surface area contributed by atoms with Crippen molar-refractivity contribution >= 4 is 134 Å². The average Bonchev–Trinajstić information content (AvgIpc) is 1.67. The van der Waals surface area contributed by atoms with Crippen LogP contribution in [0, 0.1) is 34.6 Å². The maximum atomic E-state index is 14.7. The van der Waals surface area contributed by atoms with Gasteiger partial charge in [0.25, 0.3) is 22.2 Å². The first-order chi connectivity index (χ1) is 57.2. The number of aromatic nitrogens is 14. The van der Waals surface area contributed by atoms with E-state index in [1.54, 1.807) is 11.5 Å². The Kier molecular flexibility index (Phi) is 29.2. The van der Waals surface area contributed by atoms with Crippen molar-refractivity contribution < 1.29 is 112 Å². The maximum absolute atomic E-state index is 14.7. The monoisotopic (exact) mass is 1940 g/mol. The van der Waals surface area contributed by atoms with Gasteiger partial charge >= 0.3 is 28.4 Å². The van der Waals surface area contributed by atoms with Crippen molar-refractivity contribution in [3.05, 3.63) is 165 Å². The number of rotatable bonds is 34. The summed E-state index contributed by atoms with van der Waals surface area (Å²) in [6.45, 7) is -24.1. The molecule has 670 valence electrons. The van der Waals surface area contributed by atoms with Crippen molar-refractivity contribution in [3.63, 3.8) is 0 Å². The Morgan fingerprint density at radius 3 is 1.09 bits per heavy atom. The lowest BCUT2D eigenvalue weighted by Crippen LogP contribution is -2.34. The third-order valence-electron chi connectivity index (χ3n) is 20.0. The van der Waals surface area contributed by atoms with E-state index in [0.717, 1.165) is 42.3 Å². The van der Waals surface area contributed by atoms with E-state index in [-0.39, 0.29) is 53.2 Å². The molecule has 7 aromatic heterocycles. The molecule has 6 fully saturated rings. The smallest absolute Gasteiger partial charge is 0.351 e. The van der Waals surface area contributed by atoms with E-state index in [1.165, 1.54) is 65.9 Å². The van der Waals surface area contributed by atoms with Gasteiger partial charge in [-0.3, -0.25) is 71.1 Å². The molecular formula is C61H76N16O33P6S6-6. The Morgan fingerprint density at radius 2 is 0.730 bits per heavy atom. The van der Waals surface area contributed by atoms with Gasteiger partial charge in [-0.25, -0.2) is 38.9 Å². The number of nitrogens with two attached hydrogens (primary N) is 2. The molecule has 7 aromatic rings. The highest BCUT2D eigenvalue weighted by Crippen LogP contribution is 2.55. The number of nitrogen functional groups attached to an aromatic ring is 2. The molecule has 6 aliphatic rings. The summed E-state index contributed by atoms with van der Waals surface area (Å²) in [6.07, 6.45) is -17.6. The van der Waals surface area contributed by atoms with Gasteiger partial charge in [0.1, 0.15) is 119 Å². The molecule has 0 spiro atoms. The number of fused-ring (bicyclic) bond motifs is 1. The highest BCUT2D eigenvalue weighted by atomic mass is 32.7. The molecule has 61 heteroatoms. The highest BCUT2D eigenvalue weighted by molar-refractivity contribution is 8.32. The molecule has 13 rings (SSSR count). The van der Waals surface area contributed by atoms with Gasteiger partial charge in [-0.15, -0.1) is 0 Å². The summed E-state index contributed by atoms with van der Waals surface area (Å²) in [4.78, 5) is 212. The molecule has 24 atom stereocenters. The topological polar surface area (TPSA) is 648 Å². The third-order valence-corrected chi connectivity index (χ3v) is 29.6. The van der Waals surface area contributed by atoms with E-state index >= 15 is 0 Å². The van der Waals surface area contributed by atoms with Crippen LogP contribution >= 0.6 is 40.4 Å².